The maximum Gasteiger partial charge on any atom is 0.131 e. The highest BCUT2D eigenvalue weighted by Crippen LogP contribution is 2.13. The van der Waals surface area contributed by atoms with E-state index >= 15 is 0 Å². The molecule has 0 aliphatic heterocycles. The predicted molar refractivity (Wildman–Crippen MR) is 52.1 cm³/mol. The maximum atomic E-state index is 13.4. The van der Waals surface area contributed by atoms with Crippen LogP contribution in [-0.2, 0) is 23.1 Å². The number of halogens is 1. The fourth-order valence-corrected chi connectivity index (χ4v) is 1.78. The second-order valence-corrected chi connectivity index (χ2v) is 4.25. The molecule has 72 valence electrons. The smallest absolute Gasteiger partial charge is 0.131 e. The van der Waals surface area contributed by atoms with Gasteiger partial charge in [0.05, 0.1) is 5.75 Å². The first kappa shape index (κ1) is 10.3. The van der Waals surface area contributed by atoms with E-state index in [1.807, 2.05) is 0 Å². The van der Waals surface area contributed by atoms with Gasteiger partial charge < -0.3 is 5.73 Å². The molecule has 0 aromatic heterocycles. The normalized spacial score (nSPS) is 12.8. The number of nitrogens with two attached hydrogens (primary N) is 1. The minimum Gasteiger partial charge on any atom is -0.326 e. The molecule has 1 unspecified atom stereocenters. The number of benzene rings is 1. The minimum atomic E-state index is -1.02. The third kappa shape index (κ3) is 2.60. The van der Waals surface area contributed by atoms with Crippen LogP contribution in [0.4, 0.5) is 4.39 Å². The monoisotopic (exact) mass is 201 g/mol. The van der Waals surface area contributed by atoms with Crippen LogP contribution in [0.2, 0.25) is 0 Å². The average molecular weight is 201 g/mol. The second kappa shape index (κ2) is 4.48. The molecule has 0 heterocycles. The minimum absolute atomic E-state index is 0.177. The van der Waals surface area contributed by atoms with Crippen LogP contribution >= 0.6 is 0 Å². The van der Waals surface area contributed by atoms with Crippen molar-refractivity contribution in [2.45, 2.75) is 12.3 Å². The first-order valence-electron chi connectivity index (χ1n) is 3.91. The molecule has 0 saturated carbocycles. The van der Waals surface area contributed by atoms with Gasteiger partial charge in [-0.05, 0) is 0 Å². The van der Waals surface area contributed by atoms with E-state index in [4.69, 9.17) is 5.73 Å². The highest BCUT2D eigenvalue weighted by atomic mass is 32.2. The van der Waals surface area contributed by atoms with E-state index in [0.29, 0.717) is 11.1 Å². The highest BCUT2D eigenvalue weighted by Gasteiger charge is 2.07. The van der Waals surface area contributed by atoms with E-state index < -0.39 is 10.8 Å². The molecule has 1 rings (SSSR count). The van der Waals surface area contributed by atoms with E-state index in [-0.39, 0.29) is 18.1 Å². The molecule has 0 amide bonds. The number of hydrogen-bond acceptors (Lipinski definition) is 2. The molecule has 0 aliphatic carbocycles. The van der Waals surface area contributed by atoms with Gasteiger partial charge in [-0.2, -0.15) is 0 Å². The zero-order chi connectivity index (χ0) is 9.84. The van der Waals surface area contributed by atoms with Crippen molar-refractivity contribution in [3.05, 3.63) is 35.1 Å². The average Bonchev–Trinajstić information content (AvgIpc) is 2.08. The second-order valence-electron chi connectivity index (χ2n) is 2.81. The molecule has 0 saturated heterocycles. The molecule has 4 heteroatoms. The van der Waals surface area contributed by atoms with Gasteiger partial charge in [0.1, 0.15) is 5.82 Å². The molecule has 1 aromatic carbocycles. The van der Waals surface area contributed by atoms with Crippen molar-refractivity contribution in [1.29, 1.82) is 0 Å². The van der Waals surface area contributed by atoms with E-state index in [1.165, 1.54) is 0 Å². The Bertz CT molecular complexity index is 327. The Kier molecular flexibility index (Phi) is 3.57. The highest BCUT2D eigenvalue weighted by molar-refractivity contribution is 7.83. The Morgan fingerprint density at radius 2 is 2.08 bits per heavy atom. The summed E-state index contributed by atoms with van der Waals surface area (Å²) in [6, 6.07) is 5.00. The zero-order valence-corrected chi connectivity index (χ0v) is 8.23. The molecule has 1 atom stereocenters. The molecule has 1 aromatic rings. The van der Waals surface area contributed by atoms with Crippen LogP contribution in [0.5, 0.6) is 0 Å². The van der Waals surface area contributed by atoms with Crippen molar-refractivity contribution in [3.8, 4) is 0 Å². The molecule has 2 N–H and O–H groups in total. The van der Waals surface area contributed by atoms with E-state index in [1.54, 1.807) is 24.5 Å². The van der Waals surface area contributed by atoms with Gasteiger partial charge in [-0.15, -0.1) is 0 Å². The van der Waals surface area contributed by atoms with Gasteiger partial charge in [0, 0.05) is 34.7 Å². The predicted octanol–water partition coefficient (Wildman–Crippen LogP) is 1.16. The van der Waals surface area contributed by atoms with Crippen LogP contribution in [0.3, 0.4) is 0 Å². The Hall–Kier alpha value is -0.740. The lowest BCUT2D eigenvalue weighted by Gasteiger charge is -2.04. The van der Waals surface area contributed by atoms with Crippen molar-refractivity contribution in [2.75, 3.05) is 6.26 Å². The quantitative estimate of drug-likeness (QED) is 0.797. The van der Waals surface area contributed by atoms with Crippen molar-refractivity contribution >= 4 is 10.8 Å². The van der Waals surface area contributed by atoms with Gasteiger partial charge in [0.15, 0.2) is 0 Å². The van der Waals surface area contributed by atoms with Gasteiger partial charge in [-0.1, -0.05) is 18.2 Å². The fourth-order valence-electron chi connectivity index (χ4n) is 1.12. The SMILES string of the molecule is CS(=O)Cc1cccc(CN)c1F. The van der Waals surface area contributed by atoms with E-state index in [2.05, 4.69) is 0 Å². The fraction of sp³-hybridized carbons (Fsp3) is 0.333. The Morgan fingerprint density at radius 3 is 2.62 bits per heavy atom. The summed E-state index contributed by atoms with van der Waals surface area (Å²) in [5.74, 6) is -0.0696. The van der Waals surface area contributed by atoms with Crippen LogP contribution < -0.4 is 5.73 Å². The summed E-state index contributed by atoms with van der Waals surface area (Å²) in [7, 11) is -1.02. The lowest BCUT2D eigenvalue weighted by Crippen LogP contribution is -2.04. The zero-order valence-electron chi connectivity index (χ0n) is 7.42. The lowest BCUT2D eigenvalue weighted by atomic mass is 10.1. The first-order valence-corrected chi connectivity index (χ1v) is 5.64. The van der Waals surface area contributed by atoms with Crippen molar-refractivity contribution in [1.82, 2.24) is 0 Å². The Labute approximate surface area is 79.4 Å². The third-order valence-electron chi connectivity index (χ3n) is 1.74. The Morgan fingerprint density at radius 1 is 1.46 bits per heavy atom. The summed E-state index contributed by atoms with van der Waals surface area (Å²) in [5, 5.41) is 0. The van der Waals surface area contributed by atoms with Crippen LogP contribution in [0.15, 0.2) is 18.2 Å². The summed E-state index contributed by atoms with van der Waals surface area (Å²) in [6.45, 7) is 0.177. The van der Waals surface area contributed by atoms with Crippen molar-refractivity contribution < 1.29 is 8.60 Å². The lowest BCUT2D eigenvalue weighted by molar-refractivity contribution is 0.599. The summed E-state index contributed by atoms with van der Waals surface area (Å²) in [6.07, 6.45) is 1.55. The molecule has 0 spiro atoms. The summed E-state index contributed by atoms with van der Waals surface area (Å²) in [4.78, 5) is 0. The standard InChI is InChI=1S/C9H12FNOS/c1-13(12)6-8-4-2-3-7(5-11)9(8)10/h2-4H,5-6,11H2,1H3. The molecular formula is C9H12FNOS. The maximum absolute atomic E-state index is 13.4. The number of rotatable bonds is 3. The van der Waals surface area contributed by atoms with Crippen LogP contribution in [0.1, 0.15) is 11.1 Å². The third-order valence-corrected chi connectivity index (χ3v) is 2.45. The summed E-state index contributed by atoms with van der Waals surface area (Å²) in [5.41, 5.74) is 6.29. The summed E-state index contributed by atoms with van der Waals surface area (Å²) < 4.78 is 24.3. The van der Waals surface area contributed by atoms with Gasteiger partial charge >= 0.3 is 0 Å². The Balaban J connectivity index is 3.01. The molecule has 0 fully saturated rings. The van der Waals surface area contributed by atoms with Gasteiger partial charge in [0.25, 0.3) is 0 Å². The van der Waals surface area contributed by atoms with Crippen molar-refractivity contribution in [3.63, 3.8) is 0 Å². The molecule has 0 aliphatic rings. The molecular weight excluding hydrogens is 189 g/mol. The molecule has 0 radical (unpaired) electrons. The van der Waals surface area contributed by atoms with Gasteiger partial charge in [-0.3, -0.25) is 4.21 Å². The van der Waals surface area contributed by atoms with Crippen LogP contribution in [0.25, 0.3) is 0 Å². The van der Waals surface area contributed by atoms with E-state index in [9.17, 15) is 8.60 Å². The number of hydrogen-bond donors (Lipinski definition) is 1. The van der Waals surface area contributed by atoms with Crippen molar-refractivity contribution in [2.24, 2.45) is 5.73 Å². The van der Waals surface area contributed by atoms with Crippen LogP contribution in [-0.4, -0.2) is 10.5 Å². The molecule has 13 heavy (non-hydrogen) atoms. The first-order chi connectivity index (χ1) is 6.15. The molecule has 0 bridgehead atoms. The van der Waals surface area contributed by atoms with Gasteiger partial charge in [0.2, 0.25) is 0 Å². The topological polar surface area (TPSA) is 43.1 Å². The van der Waals surface area contributed by atoms with Gasteiger partial charge in [-0.25, -0.2) is 4.39 Å². The largest absolute Gasteiger partial charge is 0.326 e. The molecule has 2 nitrogen and oxygen atoms in total. The van der Waals surface area contributed by atoms with E-state index in [0.717, 1.165) is 0 Å². The summed E-state index contributed by atoms with van der Waals surface area (Å²) >= 11 is 0. The van der Waals surface area contributed by atoms with Crippen LogP contribution in [0, 0.1) is 5.82 Å².